The molecule has 0 aromatic heterocycles. The highest BCUT2D eigenvalue weighted by Crippen LogP contribution is 2.29. The Kier molecular flexibility index (Phi) is 6.96. The van der Waals surface area contributed by atoms with Gasteiger partial charge in [-0.15, -0.1) is 0 Å². The molecule has 0 unspecified atom stereocenters. The zero-order chi connectivity index (χ0) is 20.9. The highest BCUT2D eigenvalue weighted by Gasteiger charge is 2.30. The molecule has 0 atom stereocenters. The van der Waals surface area contributed by atoms with Gasteiger partial charge >= 0.3 is 6.18 Å². The molecule has 156 valence electrons. The van der Waals surface area contributed by atoms with Crippen molar-refractivity contribution >= 4 is 5.91 Å². The van der Waals surface area contributed by atoms with E-state index in [1.807, 2.05) is 37.4 Å². The average molecular weight is 404 g/mol. The number of piperidine rings is 1. The molecule has 0 radical (unpaired) electrons. The third kappa shape index (κ3) is 6.07. The van der Waals surface area contributed by atoms with Crippen molar-refractivity contribution in [2.75, 3.05) is 33.2 Å². The lowest BCUT2D eigenvalue weighted by molar-refractivity contribution is -0.137. The molecule has 1 aliphatic rings. The Labute approximate surface area is 170 Å². The van der Waals surface area contributed by atoms with Crippen LogP contribution in [-0.4, -0.2) is 48.9 Å². The van der Waals surface area contributed by atoms with Gasteiger partial charge in [0.25, 0.3) is 5.91 Å². The van der Waals surface area contributed by atoms with E-state index in [1.165, 1.54) is 12.1 Å². The number of carbonyl (C=O) groups is 1. The quantitative estimate of drug-likeness (QED) is 0.695. The van der Waals surface area contributed by atoms with Gasteiger partial charge in [-0.2, -0.15) is 13.2 Å². The van der Waals surface area contributed by atoms with Crippen molar-refractivity contribution in [2.45, 2.75) is 25.4 Å². The molecule has 2 aromatic carbocycles. The topological polar surface area (TPSA) is 23.6 Å². The standard InChI is InChI=1S/C23H27F3N2O/c1-27(22(29)20-7-3-2-4-8-20)17-19-11-14-28(15-12-19)13-10-18-6-5-9-21(16-18)23(24,25)26/h2-9,16,19H,10-15,17H2,1H3. The second-order valence-corrected chi connectivity index (χ2v) is 7.78. The van der Waals surface area contributed by atoms with Gasteiger partial charge in [0, 0.05) is 25.7 Å². The van der Waals surface area contributed by atoms with Crippen LogP contribution in [0.3, 0.4) is 0 Å². The third-order valence-corrected chi connectivity index (χ3v) is 5.58. The molecule has 0 bridgehead atoms. The number of amides is 1. The van der Waals surface area contributed by atoms with Crippen molar-refractivity contribution in [1.29, 1.82) is 0 Å². The Morgan fingerprint density at radius 1 is 1.07 bits per heavy atom. The number of benzene rings is 2. The number of carbonyl (C=O) groups excluding carboxylic acids is 1. The Balaban J connectivity index is 1.43. The summed E-state index contributed by atoms with van der Waals surface area (Å²) in [6, 6.07) is 14.9. The summed E-state index contributed by atoms with van der Waals surface area (Å²) in [6.07, 6.45) is -1.69. The van der Waals surface area contributed by atoms with Gasteiger partial charge in [-0.1, -0.05) is 36.4 Å². The molecule has 1 aliphatic heterocycles. The molecule has 2 aromatic rings. The lowest BCUT2D eigenvalue weighted by Crippen LogP contribution is -2.40. The van der Waals surface area contributed by atoms with E-state index in [2.05, 4.69) is 4.90 Å². The molecule has 1 heterocycles. The summed E-state index contributed by atoms with van der Waals surface area (Å²) in [5.41, 5.74) is 0.837. The molecule has 3 nitrogen and oxygen atoms in total. The molecule has 0 N–H and O–H groups in total. The molecule has 1 amide bonds. The Bertz CT molecular complexity index is 799. The summed E-state index contributed by atoms with van der Waals surface area (Å²) in [5.74, 6) is 0.495. The van der Waals surface area contributed by atoms with Crippen LogP contribution in [0.1, 0.15) is 34.3 Å². The van der Waals surface area contributed by atoms with Gasteiger partial charge in [0.05, 0.1) is 5.56 Å². The molecule has 29 heavy (non-hydrogen) atoms. The number of halogens is 3. The molecule has 0 spiro atoms. The number of likely N-dealkylation sites (tertiary alicyclic amines) is 1. The minimum atomic E-state index is -4.29. The third-order valence-electron chi connectivity index (χ3n) is 5.58. The van der Waals surface area contributed by atoms with Crippen LogP contribution in [0.25, 0.3) is 0 Å². The lowest BCUT2D eigenvalue weighted by atomic mass is 9.95. The van der Waals surface area contributed by atoms with E-state index < -0.39 is 11.7 Å². The van der Waals surface area contributed by atoms with Crippen LogP contribution in [0.2, 0.25) is 0 Å². The monoisotopic (exact) mass is 404 g/mol. The van der Waals surface area contributed by atoms with Gasteiger partial charge in [0.15, 0.2) is 0 Å². The molecular formula is C23H27F3N2O. The van der Waals surface area contributed by atoms with E-state index in [0.717, 1.165) is 50.7 Å². The number of rotatable bonds is 6. The fourth-order valence-corrected chi connectivity index (χ4v) is 3.85. The summed E-state index contributed by atoms with van der Waals surface area (Å²) in [7, 11) is 1.84. The smallest absolute Gasteiger partial charge is 0.341 e. The molecule has 0 aliphatic carbocycles. The van der Waals surface area contributed by atoms with Gasteiger partial charge in [-0.3, -0.25) is 4.79 Å². The normalized spacial score (nSPS) is 16.0. The summed E-state index contributed by atoms with van der Waals surface area (Å²) < 4.78 is 38.5. The van der Waals surface area contributed by atoms with E-state index in [0.29, 0.717) is 17.9 Å². The Morgan fingerprint density at radius 2 is 1.76 bits per heavy atom. The van der Waals surface area contributed by atoms with Crippen LogP contribution in [0, 0.1) is 5.92 Å². The summed E-state index contributed by atoms with van der Waals surface area (Å²) in [5, 5.41) is 0. The summed E-state index contributed by atoms with van der Waals surface area (Å²) in [4.78, 5) is 16.6. The van der Waals surface area contributed by atoms with E-state index in [9.17, 15) is 18.0 Å². The Morgan fingerprint density at radius 3 is 2.41 bits per heavy atom. The van der Waals surface area contributed by atoms with Crippen molar-refractivity contribution in [3.8, 4) is 0 Å². The van der Waals surface area contributed by atoms with E-state index >= 15 is 0 Å². The van der Waals surface area contributed by atoms with Crippen LogP contribution in [0.15, 0.2) is 54.6 Å². The van der Waals surface area contributed by atoms with E-state index in [-0.39, 0.29) is 5.91 Å². The summed E-state index contributed by atoms with van der Waals surface area (Å²) >= 11 is 0. The van der Waals surface area contributed by atoms with Crippen LogP contribution in [0.4, 0.5) is 13.2 Å². The van der Waals surface area contributed by atoms with E-state index in [1.54, 1.807) is 11.0 Å². The zero-order valence-electron chi connectivity index (χ0n) is 16.7. The number of hydrogen-bond acceptors (Lipinski definition) is 2. The number of hydrogen-bond donors (Lipinski definition) is 0. The molecule has 1 saturated heterocycles. The second kappa shape index (κ2) is 9.44. The first-order chi connectivity index (χ1) is 13.8. The highest BCUT2D eigenvalue weighted by atomic mass is 19.4. The van der Waals surface area contributed by atoms with Crippen LogP contribution in [-0.2, 0) is 12.6 Å². The molecule has 0 saturated carbocycles. The van der Waals surface area contributed by atoms with Crippen molar-refractivity contribution in [1.82, 2.24) is 9.80 Å². The average Bonchev–Trinajstić information content (AvgIpc) is 2.73. The van der Waals surface area contributed by atoms with E-state index in [4.69, 9.17) is 0 Å². The van der Waals surface area contributed by atoms with Crippen molar-refractivity contribution in [3.05, 3.63) is 71.3 Å². The van der Waals surface area contributed by atoms with Crippen LogP contribution >= 0.6 is 0 Å². The van der Waals surface area contributed by atoms with Gasteiger partial charge in [0.2, 0.25) is 0 Å². The number of nitrogens with zero attached hydrogens (tertiary/aromatic N) is 2. The minimum absolute atomic E-state index is 0.0394. The lowest BCUT2D eigenvalue weighted by Gasteiger charge is -2.34. The largest absolute Gasteiger partial charge is 0.416 e. The van der Waals surface area contributed by atoms with Gasteiger partial charge < -0.3 is 9.80 Å². The highest BCUT2D eigenvalue weighted by molar-refractivity contribution is 5.93. The Hall–Kier alpha value is -2.34. The van der Waals surface area contributed by atoms with Gasteiger partial charge in [-0.25, -0.2) is 0 Å². The molecular weight excluding hydrogens is 377 g/mol. The second-order valence-electron chi connectivity index (χ2n) is 7.78. The maximum Gasteiger partial charge on any atom is 0.416 e. The predicted molar refractivity (Wildman–Crippen MR) is 108 cm³/mol. The molecule has 3 rings (SSSR count). The predicted octanol–water partition coefficient (Wildman–Crippen LogP) is 4.73. The van der Waals surface area contributed by atoms with Crippen molar-refractivity contribution < 1.29 is 18.0 Å². The number of alkyl halides is 3. The van der Waals surface area contributed by atoms with Crippen molar-refractivity contribution in [2.24, 2.45) is 5.92 Å². The first-order valence-corrected chi connectivity index (χ1v) is 10.0. The van der Waals surface area contributed by atoms with Crippen LogP contribution < -0.4 is 0 Å². The van der Waals surface area contributed by atoms with Crippen molar-refractivity contribution in [3.63, 3.8) is 0 Å². The SMILES string of the molecule is CN(CC1CCN(CCc2cccc(C(F)(F)F)c2)CC1)C(=O)c1ccccc1. The molecule has 1 fully saturated rings. The van der Waals surface area contributed by atoms with Gasteiger partial charge in [-0.05, 0) is 62.0 Å². The first kappa shape index (κ1) is 21.4. The maximum absolute atomic E-state index is 12.8. The minimum Gasteiger partial charge on any atom is -0.341 e. The first-order valence-electron chi connectivity index (χ1n) is 10.0. The summed E-state index contributed by atoms with van der Waals surface area (Å²) in [6.45, 7) is 3.32. The zero-order valence-corrected chi connectivity index (χ0v) is 16.7. The maximum atomic E-state index is 12.8. The van der Waals surface area contributed by atoms with Gasteiger partial charge in [0.1, 0.15) is 0 Å². The van der Waals surface area contributed by atoms with Crippen LogP contribution in [0.5, 0.6) is 0 Å². The fourth-order valence-electron chi connectivity index (χ4n) is 3.85. The fraction of sp³-hybridized carbons (Fsp3) is 0.435. The molecule has 6 heteroatoms.